The van der Waals surface area contributed by atoms with Crippen molar-refractivity contribution in [3.8, 4) is 0 Å². The van der Waals surface area contributed by atoms with Gasteiger partial charge in [-0.1, -0.05) is 0 Å². The maximum Gasteiger partial charge on any atom is 0.294 e. The van der Waals surface area contributed by atoms with E-state index < -0.39 is 22.2 Å². The number of rotatable bonds is 2. The molecule has 0 rings (SSSR count). The second-order valence-corrected chi connectivity index (χ2v) is 2.73. The Morgan fingerprint density at radius 2 is 1.88 bits per heavy atom. The lowest BCUT2D eigenvalue weighted by atomic mass is 10.8. The molecule has 0 spiro atoms. The van der Waals surface area contributed by atoms with Gasteiger partial charge in [0.1, 0.15) is 0 Å². The molecule has 0 aromatic heterocycles. The standard InChI is InChI=1S/C2H6O5S/c3-1-2(4)8(5,6)7/h2-4H,1H2,(H,5,6,7). The minimum absolute atomic E-state index is 0.987. The smallest absolute Gasteiger partial charge is 0.294 e. The molecule has 0 aliphatic carbocycles. The van der Waals surface area contributed by atoms with E-state index >= 15 is 0 Å². The van der Waals surface area contributed by atoms with E-state index in [0.29, 0.717) is 0 Å². The van der Waals surface area contributed by atoms with Crippen LogP contribution in [0, 0.1) is 0 Å². The van der Waals surface area contributed by atoms with Gasteiger partial charge >= 0.3 is 0 Å². The molecule has 5 nitrogen and oxygen atoms in total. The number of hydrogen-bond donors (Lipinski definition) is 3. The Hall–Kier alpha value is -0.170. The van der Waals surface area contributed by atoms with Crippen molar-refractivity contribution < 1.29 is 23.2 Å². The van der Waals surface area contributed by atoms with Crippen molar-refractivity contribution in [1.29, 1.82) is 0 Å². The Morgan fingerprint density at radius 3 is 1.88 bits per heavy atom. The van der Waals surface area contributed by atoms with Crippen molar-refractivity contribution in [2.24, 2.45) is 0 Å². The van der Waals surface area contributed by atoms with Gasteiger partial charge in [0.15, 0.2) is 0 Å². The summed E-state index contributed by atoms with van der Waals surface area (Å²) in [5.41, 5.74) is -2.07. The Balaban J connectivity index is 4.04. The zero-order valence-electron chi connectivity index (χ0n) is 3.85. The van der Waals surface area contributed by atoms with Crippen LogP contribution < -0.4 is 0 Å². The maximum atomic E-state index is 9.71. The van der Waals surface area contributed by atoms with Crippen molar-refractivity contribution in [3.63, 3.8) is 0 Å². The van der Waals surface area contributed by atoms with Crippen LogP contribution in [-0.2, 0) is 10.1 Å². The van der Waals surface area contributed by atoms with Crippen LogP contribution in [-0.4, -0.2) is 35.2 Å². The van der Waals surface area contributed by atoms with Crippen LogP contribution in [0.2, 0.25) is 0 Å². The van der Waals surface area contributed by atoms with E-state index in [1.165, 1.54) is 0 Å². The molecule has 0 saturated carbocycles. The van der Waals surface area contributed by atoms with Crippen LogP contribution in [0.25, 0.3) is 0 Å². The average molecular weight is 142 g/mol. The Morgan fingerprint density at radius 1 is 1.50 bits per heavy atom. The molecule has 0 aliphatic heterocycles. The molecule has 0 radical (unpaired) electrons. The number of aliphatic hydroxyl groups excluding tert-OH is 2. The van der Waals surface area contributed by atoms with E-state index in [2.05, 4.69) is 0 Å². The summed E-state index contributed by atoms with van der Waals surface area (Å²) in [5, 5.41) is 16.0. The van der Waals surface area contributed by atoms with Crippen molar-refractivity contribution in [2.75, 3.05) is 6.61 Å². The Kier molecular flexibility index (Phi) is 2.35. The van der Waals surface area contributed by atoms with E-state index in [9.17, 15) is 8.42 Å². The van der Waals surface area contributed by atoms with E-state index in [4.69, 9.17) is 14.8 Å². The molecule has 1 unspecified atom stereocenters. The highest BCUT2D eigenvalue weighted by Crippen LogP contribution is 1.89. The summed E-state index contributed by atoms with van der Waals surface area (Å²) in [7, 11) is -4.45. The molecule has 0 amide bonds. The van der Waals surface area contributed by atoms with Gasteiger partial charge in [-0.05, 0) is 0 Å². The monoisotopic (exact) mass is 142 g/mol. The molecule has 0 bridgehead atoms. The van der Waals surface area contributed by atoms with Gasteiger partial charge in [-0.3, -0.25) is 4.55 Å². The molecule has 0 saturated heterocycles. The highest BCUT2D eigenvalue weighted by Gasteiger charge is 2.16. The summed E-state index contributed by atoms with van der Waals surface area (Å²) >= 11 is 0. The lowest BCUT2D eigenvalue weighted by Crippen LogP contribution is -2.23. The molecule has 3 N–H and O–H groups in total. The zero-order valence-corrected chi connectivity index (χ0v) is 4.67. The van der Waals surface area contributed by atoms with Gasteiger partial charge < -0.3 is 10.2 Å². The normalized spacial score (nSPS) is 15.9. The molecule has 50 valence electrons. The molecule has 1 atom stereocenters. The average Bonchev–Trinajstić information content (AvgIpc) is 1.62. The molecule has 8 heavy (non-hydrogen) atoms. The summed E-state index contributed by atoms with van der Waals surface area (Å²) in [6.07, 6.45) is 0. The van der Waals surface area contributed by atoms with Gasteiger partial charge in [-0.2, -0.15) is 8.42 Å². The molecule has 0 aliphatic rings. The fourth-order valence-electron chi connectivity index (χ4n) is 0.0942. The third-order valence-electron chi connectivity index (χ3n) is 0.500. The highest BCUT2D eigenvalue weighted by atomic mass is 32.2. The van der Waals surface area contributed by atoms with Gasteiger partial charge in [0.2, 0.25) is 5.44 Å². The number of aliphatic hydroxyl groups is 2. The predicted octanol–water partition coefficient (Wildman–Crippen LogP) is -1.82. The molecular weight excluding hydrogens is 136 g/mol. The van der Waals surface area contributed by atoms with Crippen LogP contribution in [0.1, 0.15) is 0 Å². The van der Waals surface area contributed by atoms with Crippen LogP contribution in [0.3, 0.4) is 0 Å². The second kappa shape index (κ2) is 2.40. The second-order valence-electron chi connectivity index (χ2n) is 1.15. The van der Waals surface area contributed by atoms with E-state index in [-0.39, 0.29) is 0 Å². The van der Waals surface area contributed by atoms with Gasteiger partial charge in [0.05, 0.1) is 6.61 Å². The summed E-state index contributed by atoms with van der Waals surface area (Å²) in [4.78, 5) is 0. The molecule has 0 aromatic rings. The highest BCUT2D eigenvalue weighted by molar-refractivity contribution is 7.86. The quantitative estimate of drug-likeness (QED) is 0.395. The first-order valence-electron chi connectivity index (χ1n) is 1.73. The first kappa shape index (κ1) is 7.83. The van der Waals surface area contributed by atoms with Gasteiger partial charge in [-0.25, -0.2) is 0 Å². The lowest BCUT2D eigenvalue weighted by Gasteiger charge is -1.99. The molecule has 0 fully saturated rings. The van der Waals surface area contributed by atoms with Gasteiger partial charge in [-0.15, -0.1) is 0 Å². The number of hydrogen-bond acceptors (Lipinski definition) is 4. The Bertz CT molecular complexity index is 146. The molecular formula is C2H6O5S. The third kappa shape index (κ3) is 2.22. The maximum absolute atomic E-state index is 9.71. The fraction of sp³-hybridized carbons (Fsp3) is 1.00. The summed E-state index contributed by atoms with van der Waals surface area (Å²) in [6.45, 7) is -0.987. The van der Waals surface area contributed by atoms with E-state index in [1.54, 1.807) is 0 Å². The first-order chi connectivity index (χ1) is 3.48. The summed E-state index contributed by atoms with van der Waals surface area (Å²) in [5.74, 6) is 0. The summed E-state index contributed by atoms with van der Waals surface area (Å²) in [6, 6.07) is 0. The van der Waals surface area contributed by atoms with Gasteiger partial charge in [0, 0.05) is 0 Å². The topological polar surface area (TPSA) is 94.8 Å². The third-order valence-corrected chi connectivity index (χ3v) is 1.34. The van der Waals surface area contributed by atoms with E-state index in [0.717, 1.165) is 0 Å². The predicted molar refractivity (Wildman–Crippen MR) is 24.6 cm³/mol. The van der Waals surface area contributed by atoms with Crippen molar-refractivity contribution in [1.82, 2.24) is 0 Å². The van der Waals surface area contributed by atoms with Crippen molar-refractivity contribution in [2.45, 2.75) is 5.44 Å². The van der Waals surface area contributed by atoms with Gasteiger partial charge in [0.25, 0.3) is 10.1 Å². The van der Waals surface area contributed by atoms with Crippen molar-refractivity contribution >= 4 is 10.1 Å². The molecule has 0 heterocycles. The van der Waals surface area contributed by atoms with Crippen molar-refractivity contribution in [3.05, 3.63) is 0 Å². The zero-order chi connectivity index (χ0) is 6.78. The lowest BCUT2D eigenvalue weighted by molar-refractivity contribution is 0.144. The Labute approximate surface area is 46.3 Å². The molecule has 6 heteroatoms. The minimum atomic E-state index is -4.45. The summed E-state index contributed by atoms with van der Waals surface area (Å²) < 4.78 is 27.3. The van der Waals surface area contributed by atoms with Crippen LogP contribution in [0.4, 0.5) is 0 Å². The van der Waals surface area contributed by atoms with Crippen LogP contribution in [0.15, 0.2) is 0 Å². The minimum Gasteiger partial charge on any atom is -0.392 e. The van der Waals surface area contributed by atoms with Crippen LogP contribution in [0.5, 0.6) is 0 Å². The SMILES string of the molecule is O=S(=O)(O)C(O)CO. The molecule has 0 aromatic carbocycles. The fourth-order valence-corrected chi connectivity index (χ4v) is 0.283. The largest absolute Gasteiger partial charge is 0.392 e. The first-order valence-corrected chi connectivity index (χ1v) is 3.24. The van der Waals surface area contributed by atoms with E-state index in [1.807, 2.05) is 0 Å². The van der Waals surface area contributed by atoms with Crippen LogP contribution >= 0.6 is 0 Å².